The third-order valence-electron chi connectivity index (χ3n) is 1.28. The van der Waals surface area contributed by atoms with Crippen molar-refractivity contribution in [3.05, 3.63) is 35.6 Å². The number of rotatable bonds is 1. The maximum absolute atomic E-state index is 12.6. The molecule has 0 saturated carbocycles. The standard InChI is InChI=1S/C10H8BrF/c11-7-2-1-4-9-5-3-6-10(12)8-9/h3,5-6,8H,2,7H2. The maximum atomic E-state index is 12.6. The second kappa shape index (κ2) is 4.95. The number of alkyl halides is 1. The summed E-state index contributed by atoms with van der Waals surface area (Å²) in [5.41, 5.74) is 0.732. The first kappa shape index (κ1) is 9.28. The largest absolute Gasteiger partial charge is 0.207 e. The Hall–Kier alpha value is -0.810. The molecule has 0 spiro atoms. The minimum Gasteiger partial charge on any atom is -0.207 e. The molecular weight excluding hydrogens is 219 g/mol. The summed E-state index contributed by atoms with van der Waals surface area (Å²) < 4.78 is 12.6. The van der Waals surface area contributed by atoms with Crippen molar-refractivity contribution in [2.45, 2.75) is 6.42 Å². The van der Waals surface area contributed by atoms with Crippen LogP contribution < -0.4 is 0 Å². The highest BCUT2D eigenvalue weighted by molar-refractivity contribution is 9.09. The zero-order valence-corrected chi connectivity index (χ0v) is 8.07. The lowest BCUT2D eigenvalue weighted by atomic mass is 10.2. The van der Waals surface area contributed by atoms with Gasteiger partial charge >= 0.3 is 0 Å². The minimum atomic E-state index is -0.236. The predicted octanol–water partition coefficient (Wildman–Crippen LogP) is 2.96. The molecule has 0 unspecified atom stereocenters. The Balaban J connectivity index is 2.71. The fourth-order valence-electron chi connectivity index (χ4n) is 0.778. The van der Waals surface area contributed by atoms with E-state index >= 15 is 0 Å². The van der Waals surface area contributed by atoms with Gasteiger partial charge in [0.25, 0.3) is 0 Å². The van der Waals surface area contributed by atoms with Crippen LogP contribution in [-0.2, 0) is 0 Å². The van der Waals surface area contributed by atoms with E-state index in [9.17, 15) is 4.39 Å². The van der Waals surface area contributed by atoms with Gasteiger partial charge in [-0.1, -0.05) is 33.8 Å². The average Bonchev–Trinajstić information content (AvgIpc) is 2.05. The normalized spacial score (nSPS) is 8.83. The van der Waals surface area contributed by atoms with Crippen molar-refractivity contribution in [3.8, 4) is 11.8 Å². The molecule has 62 valence electrons. The molecule has 0 aromatic heterocycles. The Labute approximate surface area is 79.9 Å². The lowest BCUT2D eigenvalue weighted by Crippen LogP contribution is -1.77. The van der Waals surface area contributed by atoms with Gasteiger partial charge in [-0.3, -0.25) is 0 Å². The van der Waals surface area contributed by atoms with E-state index in [1.54, 1.807) is 12.1 Å². The van der Waals surface area contributed by atoms with Gasteiger partial charge in [-0.2, -0.15) is 0 Å². The highest BCUT2D eigenvalue weighted by atomic mass is 79.9. The summed E-state index contributed by atoms with van der Waals surface area (Å²) in [5, 5.41) is 0.856. The van der Waals surface area contributed by atoms with Crippen LogP contribution in [0.3, 0.4) is 0 Å². The molecule has 0 aliphatic heterocycles. The molecule has 0 fully saturated rings. The van der Waals surface area contributed by atoms with Crippen molar-refractivity contribution in [1.82, 2.24) is 0 Å². The third kappa shape index (κ3) is 3.06. The van der Waals surface area contributed by atoms with Crippen LogP contribution in [0.15, 0.2) is 24.3 Å². The summed E-state index contributed by atoms with van der Waals surface area (Å²) in [6.07, 6.45) is 0.788. The van der Waals surface area contributed by atoms with E-state index in [1.165, 1.54) is 12.1 Å². The van der Waals surface area contributed by atoms with E-state index in [4.69, 9.17) is 0 Å². The Morgan fingerprint density at radius 1 is 1.42 bits per heavy atom. The van der Waals surface area contributed by atoms with Crippen molar-refractivity contribution >= 4 is 15.9 Å². The SMILES string of the molecule is Fc1cccc(C#CCCBr)c1. The van der Waals surface area contributed by atoms with Crippen LogP contribution >= 0.6 is 15.9 Å². The molecule has 1 aromatic carbocycles. The molecule has 0 aliphatic rings. The van der Waals surface area contributed by atoms with Gasteiger partial charge in [0, 0.05) is 17.3 Å². The molecule has 12 heavy (non-hydrogen) atoms. The third-order valence-corrected chi connectivity index (χ3v) is 1.67. The van der Waals surface area contributed by atoms with Crippen LogP contribution in [0.5, 0.6) is 0 Å². The van der Waals surface area contributed by atoms with E-state index in [1.807, 2.05) is 0 Å². The van der Waals surface area contributed by atoms with Gasteiger partial charge in [0.15, 0.2) is 0 Å². The summed E-state index contributed by atoms with van der Waals surface area (Å²) in [4.78, 5) is 0. The van der Waals surface area contributed by atoms with E-state index in [2.05, 4.69) is 27.8 Å². The smallest absolute Gasteiger partial charge is 0.124 e. The second-order valence-corrected chi connectivity index (χ2v) is 3.04. The number of hydrogen-bond donors (Lipinski definition) is 0. The van der Waals surface area contributed by atoms with Gasteiger partial charge < -0.3 is 0 Å². The molecule has 0 aliphatic carbocycles. The number of halogens is 2. The van der Waals surface area contributed by atoms with Crippen LogP contribution in [0.2, 0.25) is 0 Å². The quantitative estimate of drug-likeness (QED) is 0.511. The van der Waals surface area contributed by atoms with Gasteiger partial charge in [-0.15, -0.1) is 0 Å². The van der Waals surface area contributed by atoms with E-state index in [0.29, 0.717) is 0 Å². The molecule has 0 amide bonds. The van der Waals surface area contributed by atoms with Crippen LogP contribution in [-0.4, -0.2) is 5.33 Å². The molecule has 1 aromatic rings. The van der Waals surface area contributed by atoms with Crippen LogP contribution in [0.25, 0.3) is 0 Å². The van der Waals surface area contributed by atoms with Gasteiger partial charge in [-0.25, -0.2) is 4.39 Å². The Morgan fingerprint density at radius 3 is 2.92 bits per heavy atom. The van der Waals surface area contributed by atoms with Crippen molar-refractivity contribution < 1.29 is 4.39 Å². The molecule has 1 rings (SSSR count). The zero-order chi connectivity index (χ0) is 8.81. The second-order valence-electron chi connectivity index (χ2n) is 2.25. The summed E-state index contributed by atoms with van der Waals surface area (Å²) in [5.74, 6) is 5.55. The minimum absolute atomic E-state index is 0.236. The molecule has 0 nitrogen and oxygen atoms in total. The van der Waals surface area contributed by atoms with Gasteiger partial charge in [0.05, 0.1) is 0 Å². The summed E-state index contributed by atoms with van der Waals surface area (Å²) in [7, 11) is 0. The van der Waals surface area contributed by atoms with Crippen molar-refractivity contribution in [2.24, 2.45) is 0 Å². The predicted molar refractivity (Wildman–Crippen MR) is 51.7 cm³/mol. The van der Waals surface area contributed by atoms with E-state index in [-0.39, 0.29) is 5.82 Å². The van der Waals surface area contributed by atoms with Crippen LogP contribution in [0.4, 0.5) is 4.39 Å². The van der Waals surface area contributed by atoms with Crippen molar-refractivity contribution in [1.29, 1.82) is 0 Å². The summed E-state index contributed by atoms with van der Waals surface area (Å²) in [6.45, 7) is 0. The Morgan fingerprint density at radius 2 is 2.25 bits per heavy atom. The lowest BCUT2D eigenvalue weighted by molar-refractivity contribution is 0.627. The first-order chi connectivity index (χ1) is 5.83. The first-order valence-electron chi connectivity index (χ1n) is 3.63. The van der Waals surface area contributed by atoms with Crippen LogP contribution in [0, 0.1) is 17.7 Å². The monoisotopic (exact) mass is 226 g/mol. The molecule has 0 N–H and O–H groups in total. The fourth-order valence-corrected chi connectivity index (χ4v) is 0.976. The van der Waals surface area contributed by atoms with Crippen molar-refractivity contribution in [2.75, 3.05) is 5.33 Å². The van der Waals surface area contributed by atoms with Crippen molar-refractivity contribution in [3.63, 3.8) is 0 Å². The van der Waals surface area contributed by atoms with Gasteiger partial charge in [-0.05, 0) is 18.2 Å². The fraction of sp³-hybridized carbons (Fsp3) is 0.200. The summed E-state index contributed by atoms with van der Waals surface area (Å²) in [6, 6.07) is 6.30. The average molecular weight is 227 g/mol. The van der Waals surface area contributed by atoms with E-state index < -0.39 is 0 Å². The summed E-state index contributed by atoms with van der Waals surface area (Å²) >= 11 is 3.26. The van der Waals surface area contributed by atoms with E-state index in [0.717, 1.165) is 17.3 Å². The Kier molecular flexibility index (Phi) is 3.83. The zero-order valence-electron chi connectivity index (χ0n) is 6.48. The molecular formula is C10H8BrF. The highest BCUT2D eigenvalue weighted by Gasteiger charge is 1.88. The highest BCUT2D eigenvalue weighted by Crippen LogP contribution is 2.01. The molecule has 0 bridgehead atoms. The number of benzene rings is 1. The Bertz CT molecular complexity index is 309. The lowest BCUT2D eigenvalue weighted by Gasteiger charge is -1.88. The van der Waals surface area contributed by atoms with Crippen LogP contribution in [0.1, 0.15) is 12.0 Å². The molecule has 0 saturated heterocycles. The van der Waals surface area contributed by atoms with Gasteiger partial charge in [0.1, 0.15) is 5.82 Å². The first-order valence-corrected chi connectivity index (χ1v) is 4.75. The topological polar surface area (TPSA) is 0 Å². The molecule has 0 atom stereocenters. The number of hydrogen-bond acceptors (Lipinski definition) is 0. The molecule has 0 radical (unpaired) electrons. The van der Waals surface area contributed by atoms with Gasteiger partial charge in [0.2, 0.25) is 0 Å². The maximum Gasteiger partial charge on any atom is 0.124 e. The molecule has 2 heteroatoms. The molecule has 0 heterocycles.